The van der Waals surface area contributed by atoms with Crippen LogP contribution in [-0.4, -0.2) is 46.8 Å². The first-order valence-corrected chi connectivity index (χ1v) is 6.75. The molecule has 0 saturated carbocycles. The maximum atomic E-state index is 11.7. The lowest BCUT2D eigenvalue weighted by Crippen LogP contribution is -2.33. The van der Waals surface area contributed by atoms with Crippen molar-refractivity contribution in [3.8, 4) is 0 Å². The maximum Gasteiger partial charge on any atom is 0.244 e. The van der Waals surface area contributed by atoms with Gasteiger partial charge in [0.15, 0.2) is 5.15 Å². The van der Waals surface area contributed by atoms with E-state index in [0.717, 1.165) is 0 Å². The van der Waals surface area contributed by atoms with Crippen LogP contribution in [0.1, 0.15) is 5.69 Å². The van der Waals surface area contributed by atoms with Crippen molar-refractivity contribution in [2.75, 3.05) is 20.3 Å². The van der Waals surface area contributed by atoms with E-state index in [2.05, 4.69) is 10.3 Å². The number of fused-ring (bicyclic) bond motifs is 1. The Morgan fingerprint density at radius 3 is 3.19 bits per heavy atom. The number of ether oxygens (including phenoxy) is 1. The minimum absolute atomic E-state index is 0.123. The zero-order valence-electron chi connectivity index (χ0n) is 11.5. The maximum absolute atomic E-state index is 11.7. The highest BCUT2D eigenvalue weighted by molar-refractivity contribution is 6.31. The van der Waals surface area contributed by atoms with Gasteiger partial charge in [0.1, 0.15) is 5.65 Å². The van der Waals surface area contributed by atoms with Gasteiger partial charge in [-0.25, -0.2) is 4.98 Å². The third-order valence-electron chi connectivity index (χ3n) is 2.79. The lowest BCUT2D eigenvalue weighted by molar-refractivity contribution is -0.117. The fraction of sp³-hybridized carbons (Fsp3) is 0.286. The first-order chi connectivity index (χ1) is 10.1. The molecule has 0 aliphatic rings. The number of aromatic nitrogens is 2. The van der Waals surface area contributed by atoms with Crippen LogP contribution in [0.3, 0.4) is 0 Å². The van der Waals surface area contributed by atoms with Crippen LogP contribution in [0.15, 0.2) is 30.5 Å². The van der Waals surface area contributed by atoms with Gasteiger partial charge < -0.3 is 15.2 Å². The highest BCUT2D eigenvalue weighted by atomic mass is 35.5. The summed E-state index contributed by atoms with van der Waals surface area (Å²) < 4.78 is 6.55. The molecule has 6 nitrogen and oxygen atoms in total. The molecule has 2 aromatic rings. The average molecular weight is 310 g/mol. The lowest BCUT2D eigenvalue weighted by atomic mass is 10.3. The van der Waals surface area contributed by atoms with E-state index in [1.54, 1.807) is 10.5 Å². The van der Waals surface area contributed by atoms with Crippen LogP contribution in [0, 0.1) is 0 Å². The number of rotatable bonds is 6. The van der Waals surface area contributed by atoms with E-state index in [1.165, 1.54) is 13.2 Å². The number of pyridine rings is 1. The third-order valence-corrected chi connectivity index (χ3v) is 3.06. The van der Waals surface area contributed by atoms with Crippen molar-refractivity contribution >= 4 is 29.2 Å². The highest BCUT2D eigenvalue weighted by Gasteiger charge is 2.08. The first kappa shape index (κ1) is 15.5. The van der Waals surface area contributed by atoms with Gasteiger partial charge in [-0.3, -0.25) is 9.20 Å². The van der Waals surface area contributed by atoms with Gasteiger partial charge >= 0.3 is 0 Å². The smallest absolute Gasteiger partial charge is 0.244 e. The molecule has 0 aromatic carbocycles. The zero-order chi connectivity index (χ0) is 15.2. The van der Waals surface area contributed by atoms with Crippen molar-refractivity contribution in [3.05, 3.63) is 41.3 Å². The number of nitrogens with one attached hydrogen (secondary N) is 1. The summed E-state index contributed by atoms with van der Waals surface area (Å²) in [5, 5.41) is 12.3. The van der Waals surface area contributed by atoms with Gasteiger partial charge in [0.2, 0.25) is 5.91 Å². The van der Waals surface area contributed by atoms with Crippen molar-refractivity contribution in [1.29, 1.82) is 0 Å². The van der Waals surface area contributed by atoms with Gasteiger partial charge in [0.25, 0.3) is 0 Å². The second kappa shape index (κ2) is 7.21. The molecule has 7 heteroatoms. The highest BCUT2D eigenvalue weighted by Crippen LogP contribution is 2.18. The Balaban J connectivity index is 2.02. The SMILES string of the molecule is COCC(O)CNC(=O)/C=C/c1c(Cl)nc2ccccn12. The van der Waals surface area contributed by atoms with Crippen LogP contribution >= 0.6 is 11.6 Å². The second-order valence-electron chi connectivity index (χ2n) is 4.40. The van der Waals surface area contributed by atoms with Gasteiger partial charge in [-0.15, -0.1) is 0 Å². The fourth-order valence-corrected chi connectivity index (χ4v) is 2.06. The largest absolute Gasteiger partial charge is 0.389 e. The summed E-state index contributed by atoms with van der Waals surface area (Å²) in [6.07, 6.45) is 4.02. The molecule has 0 fully saturated rings. The lowest BCUT2D eigenvalue weighted by Gasteiger charge is -2.08. The van der Waals surface area contributed by atoms with Crippen molar-refractivity contribution in [2.45, 2.75) is 6.10 Å². The fourth-order valence-electron chi connectivity index (χ4n) is 1.82. The molecular formula is C14H16ClN3O3. The summed E-state index contributed by atoms with van der Waals surface area (Å²) in [5.41, 5.74) is 1.33. The first-order valence-electron chi connectivity index (χ1n) is 6.37. The minimum atomic E-state index is -0.730. The van der Waals surface area contributed by atoms with Gasteiger partial charge in [-0.1, -0.05) is 17.7 Å². The number of amides is 1. The van der Waals surface area contributed by atoms with Crippen molar-refractivity contribution in [3.63, 3.8) is 0 Å². The molecule has 2 heterocycles. The normalized spacial score (nSPS) is 12.9. The third kappa shape index (κ3) is 4.04. The van der Waals surface area contributed by atoms with E-state index in [9.17, 15) is 9.90 Å². The predicted octanol–water partition coefficient (Wildman–Crippen LogP) is 1.12. The molecule has 112 valence electrons. The molecule has 2 N–H and O–H groups in total. The number of hydrogen-bond acceptors (Lipinski definition) is 4. The van der Waals surface area contributed by atoms with Crippen LogP contribution in [-0.2, 0) is 9.53 Å². The van der Waals surface area contributed by atoms with E-state index in [0.29, 0.717) is 16.5 Å². The van der Waals surface area contributed by atoms with Crippen molar-refractivity contribution in [2.24, 2.45) is 0 Å². The average Bonchev–Trinajstić information content (AvgIpc) is 2.79. The van der Waals surface area contributed by atoms with E-state index >= 15 is 0 Å². The number of carbonyl (C=O) groups excluding carboxylic acids is 1. The molecule has 0 bridgehead atoms. The predicted molar refractivity (Wildman–Crippen MR) is 80.1 cm³/mol. The Morgan fingerprint density at radius 2 is 2.43 bits per heavy atom. The molecule has 2 rings (SSSR count). The summed E-state index contributed by atoms with van der Waals surface area (Å²) >= 11 is 6.05. The van der Waals surface area contributed by atoms with E-state index in [-0.39, 0.29) is 19.1 Å². The van der Waals surface area contributed by atoms with Gasteiger partial charge in [0, 0.05) is 25.9 Å². The number of methoxy groups -OCH3 is 1. The van der Waals surface area contributed by atoms with Crippen LogP contribution < -0.4 is 5.32 Å². The number of imidazole rings is 1. The van der Waals surface area contributed by atoms with Crippen molar-refractivity contribution in [1.82, 2.24) is 14.7 Å². The molecule has 0 radical (unpaired) electrons. The van der Waals surface area contributed by atoms with Crippen LogP contribution in [0.4, 0.5) is 0 Å². The van der Waals surface area contributed by atoms with E-state index < -0.39 is 6.10 Å². The second-order valence-corrected chi connectivity index (χ2v) is 4.76. The Morgan fingerprint density at radius 1 is 1.62 bits per heavy atom. The minimum Gasteiger partial charge on any atom is -0.389 e. The summed E-state index contributed by atoms with van der Waals surface area (Å²) in [5.74, 6) is -0.327. The number of carbonyl (C=O) groups is 1. The monoisotopic (exact) mass is 309 g/mol. The van der Waals surface area contributed by atoms with Crippen LogP contribution in [0.25, 0.3) is 11.7 Å². The number of hydrogen-bond donors (Lipinski definition) is 2. The Kier molecular flexibility index (Phi) is 5.32. The Labute approximate surface area is 127 Å². The molecule has 21 heavy (non-hydrogen) atoms. The van der Waals surface area contributed by atoms with Crippen molar-refractivity contribution < 1.29 is 14.6 Å². The number of aliphatic hydroxyl groups excluding tert-OH is 1. The molecule has 0 spiro atoms. The number of aliphatic hydroxyl groups is 1. The van der Waals surface area contributed by atoms with Gasteiger partial charge in [-0.2, -0.15) is 0 Å². The zero-order valence-corrected chi connectivity index (χ0v) is 12.2. The molecule has 0 saturated heterocycles. The summed E-state index contributed by atoms with van der Waals surface area (Å²) in [7, 11) is 1.48. The topological polar surface area (TPSA) is 75.9 Å². The van der Waals surface area contributed by atoms with E-state index in [4.69, 9.17) is 16.3 Å². The molecular weight excluding hydrogens is 294 g/mol. The molecule has 1 unspecified atom stereocenters. The standard InChI is InChI=1S/C14H16ClN3O3/c1-21-9-10(19)8-16-13(20)6-5-11-14(15)17-12-4-2-3-7-18(11)12/h2-7,10,19H,8-9H2,1H3,(H,16,20)/b6-5+. The Hall–Kier alpha value is -1.89. The van der Waals surface area contributed by atoms with E-state index in [1.807, 2.05) is 24.4 Å². The molecule has 0 aliphatic carbocycles. The summed E-state index contributed by atoms with van der Waals surface area (Å²) in [4.78, 5) is 15.9. The molecule has 2 aromatic heterocycles. The quantitative estimate of drug-likeness (QED) is 0.784. The molecule has 1 amide bonds. The van der Waals surface area contributed by atoms with Crippen LogP contribution in [0.2, 0.25) is 5.15 Å². The molecule has 0 aliphatic heterocycles. The molecule has 1 atom stereocenters. The van der Waals surface area contributed by atoms with Crippen LogP contribution in [0.5, 0.6) is 0 Å². The Bertz CT molecular complexity index is 654. The summed E-state index contributed by atoms with van der Waals surface area (Å²) in [6.45, 7) is 0.293. The summed E-state index contributed by atoms with van der Waals surface area (Å²) in [6, 6.07) is 5.53. The number of nitrogens with zero attached hydrogens (tertiary/aromatic N) is 2. The number of halogens is 1. The van der Waals surface area contributed by atoms with Gasteiger partial charge in [-0.05, 0) is 18.2 Å². The van der Waals surface area contributed by atoms with Gasteiger partial charge in [0.05, 0.1) is 18.4 Å².